The number of phenolic OH excluding ortho intramolecular Hbond substituents is 1. The van der Waals surface area contributed by atoms with Crippen molar-refractivity contribution in [1.29, 1.82) is 0 Å². The van der Waals surface area contributed by atoms with E-state index in [1.165, 1.54) is 0 Å². The van der Waals surface area contributed by atoms with Gasteiger partial charge in [-0.2, -0.15) is 0 Å². The molecule has 1 aromatic rings. The smallest absolute Gasteiger partial charge is 0.310 e. The van der Waals surface area contributed by atoms with Gasteiger partial charge in [-0.15, -0.1) is 0 Å². The first-order chi connectivity index (χ1) is 9.52. The molecule has 0 bridgehead atoms. The number of carbonyl (C=O) groups is 1. The summed E-state index contributed by atoms with van der Waals surface area (Å²) in [7, 11) is 3.39. The van der Waals surface area contributed by atoms with Gasteiger partial charge in [0.1, 0.15) is 11.5 Å². The molecule has 1 fully saturated rings. The Kier molecular flexibility index (Phi) is 4.46. The van der Waals surface area contributed by atoms with Gasteiger partial charge < -0.3 is 19.7 Å². The SMILES string of the molecule is COc1ccc(O)c(CN(C)C2COCC2C(=O)O)c1. The zero-order chi connectivity index (χ0) is 14.7. The third-order valence-electron chi connectivity index (χ3n) is 3.64. The molecule has 0 spiro atoms. The molecule has 6 heteroatoms. The Morgan fingerprint density at radius 3 is 2.90 bits per heavy atom. The van der Waals surface area contributed by atoms with Crippen molar-refractivity contribution in [2.75, 3.05) is 27.4 Å². The number of carboxylic acid groups (broad SMARTS) is 1. The Bertz CT molecular complexity index is 490. The summed E-state index contributed by atoms with van der Waals surface area (Å²) in [5, 5.41) is 19.0. The lowest BCUT2D eigenvalue weighted by Crippen LogP contribution is -2.40. The van der Waals surface area contributed by atoms with Gasteiger partial charge in [0.25, 0.3) is 0 Å². The van der Waals surface area contributed by atoms with Gasteiger partial charge in [-0.3, -0.25) is 9.69 Å². The van der Waals surface area contributed by atoms with E-state index in [9.17, 15) is 9.90 Å². The molecular formula is C14H19NO5. The van der Waals surface area contributed by atoms with E-state index in [2.05, 4.69) is 0 Å². The van der Waals surface area contributed by atoms with Crippen LogP contribution in [0.5, 0.6) is 11.5 Å². The molecule has 1 saturated heterocycles. The van der Waals surface area contributed by atoms with Crippen LogP contribution in [0.1, 0.15) is 5.56 Å². The van der Waals surface area contributed by atoms with E-state index in [4.69, 9.17) is 14.6 Å². The maximum absolute atomic E-state index is 11.2. The van der Waals surface area contributed by atoms with Crippen molar-refractivity contribution in [2.24, 2.45) is 5.92 Å². The minimum absolute atomic E-state index is 0.170. The second-order valence-corrected chi connectivity index (χ2v) is 4.96. The third-order valence-corrected chi connectivity index (χ3v) is 3.64. The number of hydrogen-bond donors (Lipinski definition) is 2. The second-order valence-electron chi connectivity index (χ2n) is 4.96. The number of benzene rings is 1. The summed E-state index contributed by atoms with van der Waals surface area (Å²) in [4.78, 5) is 13.0. The standard InChI is InChI=1S/C14H19NO5/c1-15(12-8-20-7-11(12)14(17)18)6-9-5-10(19-2)3-4-13(9)16/h3-5,11-12,16H,6-8H2,1-2H3,(H,17,18). The highest BCUT2D eigenvalue weighted by atomic mass is 16.5. The van der Waals surface area contributed by atoms with E-state index < -0.39 is 11.9 Å². The average molecular weight is 281 g/mol. The molecule has 2 unspecified atom stereocenters. The molecule has 2 rings (SSSR count). The van der Waals surface area contributed by atoms with Gasteiger partial charge in [0.2, 0.25) is 0 Å². The van der Waals surface area contributed by atoms with Crippen LogP contribution >= 0.6 is 0 Å². The number of aromatic hydroxyl groups is 1. The summed E-state index contributed by atoms with van der Waals surface area (Å²) in [5.74, 6) is -0.561. The van der Waals surface area contributed by atoms with Crippen LogP contribution in [0.4, 0.5) is 0 Å². The Morgan fingerprint density at radius 1 is 1.50 bits per heavy atom. The van der Waals surface area contributed by atoms with E-state index in [-0.39, 0.29) is 18.4 Å². The first-order valence-electron chi connectivity index (χ1n) is 6.39. The lowest BCUT2D eigenvalue weighted by Gasteiger charge is -2.26. The fourth-order valence-electron chi connectivity index (χ4n) is 2.41. The van der Waals surface area contributed by atoms with Crippen molar-refractivity contribution in [3.8, 4) is 11.5 Å². The zero-order valence-corrected chi connectivity index (χ0v) is 11.6. The summed E-state index contributed by atoms with van der Waals surface area (Å²) in [6, 6.07) is 4.80. The van der Waals surface area contributed by atoms with Gasteiger partial charge in [-0.05, 0) is 25.2 Å². The number of likely N-dealkylation sites (N-methyl/N-ethyl adjacent to an activating group) is 1. The van der Waals surface area contributed by atoms with E-state index >= 15 is 0 Å². The minimum atomic E-state index is -0.853. The van der Waals surface area contributed by atoms with E-state index in [0.717, 1.165) is 0 Å². The van der Waals surface area contributed by atoms with Crippen LogP contribution in [0.2, 0.25) is 0 Å². The Labute approximate surface area is 117 Å². The molecule has 1 aliphatic heterocycles. The molecule has 0 saturated carbocycles. The van der Waals surface area contributed by atoms with Gasteiger partial charge in [-0.1, -0.05) is 0 Å². The van der Waals surface area contributed by atoms with Crippen LogP contribution in [0, 0.1) is 5.92 Å². The number of nitrogens with zero attached hydrogens (tertiary/aromatic N) is 1. The second kappa shape index (κ2) is 6.11. The molecule has 2 N–H and O–H groups in total. The maximum Gasteiger partial charge on any atom is 0.310 e. The monoisotopic (exact) mass is 281 g/mol. The predicted molar refractivity (Wildman–Crippen MR) is 71.9 cm³/mol. The lowest BCUT2D eigenvalue weighted by atomic mass is 10.0. The fraction of sp³-hybridized carbons (Fsp3) is 0.500. The number of ether oxygens (including phenoxy) is 2. The molecular weight excluding hydrogens is 262 g/mol. The molecule has 1 heterocycles. The fourth-order valence-corrected chi connectivity index (χ4v) is 2.41. The van der Waals surface area contributed by atoms with Crippen LogP contribution in [0.25, 0.3) is 0 Å². The summed E-state index contributed by atoms with van der Waals surface area (Å²) < 4.78 is 10.4. The van der Waals surface area contributed by atoms with Crippen LogP contribution in [-0.4, -0.2) is 54.5 Å². The molecule has 0 aliphatic carbocycles. The number of aliphatic carboxylic acids is 1. The van der Waals surface area contributed by atoms with Gasteiger partial charge >= 0.3 is 5.97 Å². The maximum atomic E-state index is 11.2. The third kappa shape index (κ3) is 3.02. The van der Waals surface area contributed by atoms with Crippen molar-refractivity contribution in [3.63, 3.8) is 0 Å². The molecule has 20 heavy (non-hydrogen) atoms. The van der Waals surface area contributed by atoms with E-state index in [0.29, 0.717) is 24.5 Å². The highest BCUT2D eigenvalue weighted by molar-refractivity contribution is 5.71. The normalized spacial score (nSPS) is 22.1. The quantitative estimate of drug-likeness (QED) is 0.836. The lowest BCUT2D eigenvalue weighted by molar-refractivity contribution is -0.143. The Balaban J connectivity index is 2.11. The number of phenols is 1. The summed E-state index contributed by atoms with van der Waals surface area (Å²) in [6.45, 7) is 1.05. The molecule has 6 nitrogen and oxygen atoms in total. The Morgan fingerprint density at radius 2 is 2.25 bits per heavy atom. The number of rotatable bonds is 5. The molecule has 110 valence electrons. The van der Waals surface area contributed by atoms with Gasteiger partial charge in [0.05, 0.1) is 26.2 Å². The minimum Gasteiger partial charge on any atom is -0.508 e. The number of carboxylic acids is 1. The van der Waals surface area contributed by atoms with Crippen LogP contribution in [0.15, 0.2) is 18.2 Å². The van der Waals surface area contributed by atoms with E-state index in [1.807, 2.05) is 11.9 Å². The number of methoxy groups -OCH3 is 1. The van der Waals surface area contributed by atoms with Crippen molar-refractivity contribution < 1.29 is 24.5 Å². The highest BCUT2D eigenvalue weighted by Gasteiger charge is 2.36. The number of hydrogen-bond acceptors (Lipinski definition) is 5. The van der Waals surface area contributed by atoms with Crippen molar-refractivity contribution in [1.82, 2.24) is 4.90 Å². The molecule has 0 radical (unpaired) electrons. The summed E-state index contributed by atoms with van der Waals surface area (Å²) in [5.41, 5.74) is 0.697. The van der Waals surface area contributed by atoms with Crippen LogP contribution < -0.4 is 4.74 Å². The molecule has 0 amide bonds. The van der Waals surface area contributed by atoms with Gasteiger partial charge in [0.15, 0.2) is 0 Å². The van der Waals surface area contributed by atoms with Crippen molar-refractivity contribution >= 4 is 5.97 Å². The van der Waals surface area contributed by atoms with Gasteiger partial charge in [-0.25, -0.2) is 0 Å². The first-order valence-corrected chi connectivity index (χ1v) is 6.39. The topological polar surface area (TPSA) is 79.2 Å². The first kappa shape index (κ1) is 14.6. The Hall–Kier alpha value is -1.79. The van der Waals surface area contributed by atoms with Crippen LogP contribution in [0.3, 0.4) is 0 Å². The predicted octanol–water partition coefficient (Wildman–Crippen LogP) is 0.932. The summed E-state index contributed by atoms with van der Waals surface area (Å²) >= 11 is 0. The van der Waals surface area contributed by atoms with E-state index in [1.54, 1.807) is 25.3 Å². The summed E-state index contributed by atoms with van der Waals surface area (Å²) in [6.07, 6.45) is 0. The van der Waals surface area contributed by atoms with Crippen LogP contribution in [-0.2, 0) is 16.1 Å². The largest absolute Gasteiger partial charge is 0.508 e. The molecule has 1 aliphatic rings. The van der Waals surface area contributed by atoms with Crippen molar-refractivity contribution in [3.05, 3.63) is 23.8 Å². The average Bonchev–Trinajstić information content (AvgIpc) is 2.90. The molecule has 2 atom stereocenters. The molecule has 0 aromatic heterocycles. The zero-order valence-electron chi connectivity index (χ0n) is 11.6. The van der Waals surface area contributed by atoms with Crippen molar-refractivity contribution in [2.45, 2.75) is 12.6 Å². The van der Waals surface area contributed by atoms with Gasteiger partial charge in [0, 0.05) is 18.2 Å². The highest BCUT2D eigenvalue weighted by Crippen LogP contribution is 2.26. The molecule has 1 aromatic carbocycles.